The number of halogens is 1. The smallest absolute Gasteiger partial charge is 0.142 e. The van der Waals surface area contributed by atoms with E-state index in [9.17, 15) is 5.11 Å². The quantitative estimate of drug-likeness (QED) is 0.732. The van der Waals surface area contributed by atoms with E-state index in [0.717, 1.165) is 25.2 Å². The maximum absolute atomic E-state index is 9.98. The molecule has 1 aliphatic rings. The van der Waals surface area contributed by atoms with Crippen molar-refractivity contribution in [2.24, 2.45) is 0 Å². The van der Waals surface area contributed by atoms with Gasteiger partial charge < -0.3 is 20.5 Å². The van der Waals surface area contributed by atoms with E-state index < -0.39 is 0 Å². The van der Waals surface area contributed by atoms with E-state index in [1.54, 1.807) is 19.2 Å². The Hall–Kier alpha value is -0.970. The molecule has 4 nitrogen and oxygen atoms in total. The Morgan fingerprint density at radius 2 is 2.25 bits per heavy atom. The van der Waals surface area contributed by atoms with Crippen LogP contribution in [-0.2, 0) is 0 Å². The Kier molecular flexibility index (Phi) is 3.53. The molecule has 0 unspecified atom stereocenters. The number of ether oxygens (including phenoxy) is 1. The standard InChI is InChI=1S/C11H15ClN2O2/c1-16-9-3-2-7(12)11(15)10(9)8-6-13-4-5-14-8/h2-3,8,13-15H,4-6H2,1H3/t8-/m1/s1. The molecule has 1 heterocycles. The summed E-state index contributed by atoms with van der Waals surface area (Å²) in [6.45, 7) is 2.55. The van der Waals surface area contributed by atoms with Crippen LogP contribution in [-0.4, -0.2) is 31.9 Å². The molecule has 0 bridgehead atoms. The SMILES string of the molecule is COc1ccc(Cl)c(O)c1[C@H]1CNCCN1. The van der Waals surface area contributed by atoms with Crippen LogP contribution in [0, 0.1) is 0 Å². The molecular weight excluding hydrogens is 228 g/mol. The third-order valence-electron chi connectivity index (χ3n) is 2.74. The van der Waals surface area contributed by atoms with Gasteiger partial charge in [0.1, 0.15) is 11.5 Å². The van der Waals surface area contributed by atoms with Gasteiger partial charge in [0.25, 0.3) is 0 Å². The zero-order valence-electron chi connectivity index (χ0n) is 9.09. The van der Waals surface area contributed by atoms with E-state index in [0.29, 0.717) is 10.8 Å². The highest BCUT2D eigenvalue weighted by Crippen LogP contribution is 2.38. The third-order valence-corrected chi connectivity index (χ3v) is 3.04. The summed E-state index contributed by atoms with van der Waals surface area (Å²) in [6, 6.07) is 3.44. The van der Waals surface area contributed by atoms with Gasteiger partial charge >= 0.3 is 0 Å². The number of rotatable bonds is 2. The monoisotopic (exact) mass is 242 g/mol. The molecule has 0 aliphatic carbocycles. The molecule has 2 rings (SSSR count). The molecule has 3 N–H and O–H groups in total. The summed E-state index contributed by atoms with van der Waals surface area (Å²) in [5.74, 6) is 0.755. The van der Waals surface area contributed by atoms with Crippen LogP contribution in [0.2, 0.25) is 5.02 Å². The van der Waals surface area contributed by atoms with Gasteiger partial charge in [0, 0.05) is 19.6 Å². The van der Waals surface area contributed by atoms with E-state index in [1.807, 2.05) is 0 Å². The predicted octanol–water partition coefficient (Wildman–Crippen LogP) is 1.29. The van der Waals surface area contributed by atoms with Gasteiger partial charge in [-0.25, -0.2) is 0 Å². The van der Waals surface area contributed by atoms with Gasteiger partial charge in [-0.3, -0.25) is 0 Å². The zero-order valence-corrected chi connectivity index (χ0v) is 9.84. The maximum Gasteiger partial charge on any atom is 0.142 e. The van der Waals surface area contributed by atoms with Crippen molar-refractivity contribution in [2.75, 3.05) is 26.7 Å². The molecule has 16 heavy (non-hydrogen) atoms. The topological polar surface area (TPSA) is 53.5 Å². The highest BCUT2D eigenvalue weighted by Gasteiger charge is 2.23. The Balaban J connectivity index is 2.39. The number of hydrogen-bond acceptors (Lipinski definition) is 4. The molecule has 0 spiro atoms. The lowest BCUT2D eigenvalue weighted by atomic mass is 10.0. The molecule has 0 saturated carbocycles. The van der Waals surface area contributed by atoms with Crippen molar-refractivity contribution in [1.29, 1.82) is 0 Å². The van der Waals surface area contributed by atoms with Gasteiger partial charge in [0.2, 0.25) is 0 Å². The largest absolute Gasteiger partial charge is 0.506 e. The predicted molar refractivity (Wildman–Crippen MR) is 63.3 cm³/mol. The minimum Gasteiger partial charge on any atom is -0.506 e. The lowest BCUT2D eigenvalue weighted by Crippen LogP contribution is -2.42. The second-order valence-electron chi connectivity index (χ2n) is 3.72. The molecule has 88 valence electrons. The van der Waals surface area contributed by atoms with Crippen molar-refractivity contribution in [2.45, 2.75) is 6.04 Å². The Labute approximate surface area is 99.6 Å². The lowest BCUT2D eigenvalue weighted by Gasteiger charge is -2.27. The summed E-state index contributed by atoms with van der Waals surface area (Å²) in [5, 5.41) is 16.9. The van der Waals surface area contributed by atoms with Crippen molar-refractivity contribution in [3.8, 4) is 11.5 Å². The average Bonchev–Trinajstić information content (AvgIpc) is 2.33. The number of phenols is 1. The summed E-state index contributed by atoms with van der Waals surface area (Å²) in [5.41, 5.74) is 0.724. The van der Waals surface area contributed by atoms with E-state index in [1.165, 1.54) is 0 Å². The van der Waals surface area contributed by atoms with Crippen LogP contribution < -0.4 is 15.4 Å². The van der Waals surface area contributed by atoms with Crippen molar-refractivity contribution in [3.05, 3.63) is 22.7 Å². The van der Waals surface area contributed by atoms with Crippen LogP contribution in [0.5, 0.6) is 11.5 Å². The van der Waals surface area contributed by atoms with Crippen molar-refractivity contribution < 1.29 is 9.84 Å². The summed E-state index contributed by atoms with van der Waals surface area (Å²) in [4.78, 5) is 0. The first kappa shape index (κ1) is 11.5. The zero-order chi connectivity index (χ0) is 11.5. The third kappa shape index (κ3) is 2.09. The summed E-state index contributed by atoms with van der Waals surface area (Å²) in [7, 11) is 1.59. The van der Waals surface area contributed by atoms with Gasteiger partial charge in [-0.1, -0.05) is 11.6 Å². The van der Waals surface area contributed by atoms with Crippen LogP contribution in [0.3, 0.4) is 0 Å². The van der Waals surface area contributed by atoms with Crippen LogP contribution in [0.4, 0.5) is 0 Å². The molecular formula is C11H15ClN2O2. The number of aromatic hydroxyl groups is 1. The number of piperazine rings is 1. The summed E-state index contributed by atoms with van der Waals surface area (Å²) in [6.07, 6.45) is 0. The first-order valence-corrected chi connectivity index (χ1v) is 5.61. The molecule has 5 heteroatoms. The van der Waals surface area contributed by atoms with Gasteiger partial charge in [-0.15, -0.1) is 0 Å². The average molecular weight is 243 g/mol. The molecule has 1 aromatic carbocycles. The number of phenolic OH excluding ortho intramolecular Hbond substituents is 1. The fourth-order valence-corrected chi connectivity index (χ4v) is 2.10. The van der Waals surface area contributed by atoms with Crippen molar-refractivity contribution in [3.63, 3.8) is 0 Å². The molecule has 0 aromatic heterocycles. The first-order valence-electron chi connectivity index (χ1n) is 5.23. The highest BCUT2D eigenvalue weighted by molar-refractivity contribution is 6.32. The molecule has 0 amide bonds. The second-order valence-corrected chi connectivity index (χ2v) is 4.13. The van der Waals surface area contributed by atoms with Gasteiger partial charge in [0.05, 0.1) is 23.7 Å². The maximum atomic E-state index is 9.98. The van der Waals surface area contributed by atoms with Gasteiger partial charge in [-0.05, 0) is 12.1 Å². The van der Waals surface area contributed by atoms with E-state index in [2.05, 4.69) is 10.6 Å². The molecule has 1 atom stereocenters. The van der Waals surface area contributed by atoms with Crippen LogP contribution in [0.1, 0.15) is 11.6 Å². The fourth-order valence-electron chi connectivity index (χ4n) is 1.94. The van der Waals surface area contributed by atoms with Crippen molar-refractivity contribution in [1.82, 2.24) is 10.6 Å². The number of hydrogen-bond donors (Lipinski definition) is 3. The molecule has 1 aliphatic heterocycles. The number of methoxy groups -OCH3 is 1. The fraction of sp³-hybridized carbons (Fsp3) is 0.455. The lowest BCUT2D eigenvalue weighted by molar-refractivity contribution is 0.365. The molecule has 1 aromatic rings. The van der Waals surface area contributed by atoms with Gasteiger partial charge in [-0.2, -0.15) is 0 Å². The van der Waals surface area contributed by atoms with Crippen LogP contribution in [0.25, 0.3) is 0 Å². The van der Waals surface area contributed by atoms with Gasteiger partial charge in [0.15, 0.2) is 0 Å². The normalized spacial score (nSPS) is 20.8. The number of benzene rings is 1. The van der Waals surface area contributed by atoms with Crippen LogP contribution >= 0.6 is 11.6 Å². The Morgan fingerprint density at radius 3 is 2.88 bits per heavy atom. The minimum atomic E-state index is 0.0300. The van der Waals surface area contributed by atoms with E-state index in [4.69, 9.17) is 16.3 Å². The van der Waals surface area contributed by atoms with Crippen LogP contribution in [0.15, 0.2) is 12.1 Å². The number of nitrogens with one attached hydrogen (secondary N) is 2. The summed E-state index contributed by atoms with van der Waals surface area (Å²) >= 11 is 5.91. The van der Waals surface area contributed by atoms with E-state index in [-0.39, 0.29) is 11.8 Å². The highest BCUT2D eigenvalue weighted by atomic mass is 35.5. The summed E-state index contributed by atoms with van der Waals surface area (Å²) < 4.78 is 5.25. The minimum absolute atomic E-state index is 0.0300. The Bertz CT molecular complexity index is 378. The Morgan fingerprint density at radius 1 is 1.44 bits per heavy atom. The molecule has 1 saturated heterocycles. The molecule has 0 radical (unpaired) electrons. The second kappa shape index (κ2) is 4.91. The van der Waals surface area contributed by atoms with E-state index >= 15 is 0 Å². The molecule has 1 fully saturated rings. The first-order chi connectivity index (χ1) is 7.74. The van der Waals surface area contributed by atoms with Crippen molar-refractivity contribution >= 4 is 11.6 Å².